The highest BCUT2D eigenvalue weighted by molar-refractivity contribution is 5.95. The van der Waals surface area contributed by atoms with Gasteiger partial charge in [0.1, 0.15) is 12.6 Å². The summed E-state index contributed by atoms with van der Waals surface area (Å²) in [6.07, 6.45) is -13.0. The Kier molecular flexibility index (Phi) is 9.02. The minimum Gasteiger partial charge on any atom is -0.378 e. The minimum atomic E-state index is -5.17. The molecule has 2 saturated heterocycles. The maximum atomic E-state index is 13.5. The van der Waals surface area contributed by atoms with Crippen LogP contribution in [0.3, 0.4) is 0 Å². The third-order valence-corrected chi connectivity index (χ3v) is 6.47. The molecule has 210 valence electrons. The number of nitrogens with one attached hydrogen (secondary N) is 2. The van der Waals surface area contributed by atoms with Crippen molar-refractivity contribution in [3.05, 3.63) is 35.9 Å². The fourth-order valence-electron chi connectivity index (χ4n) is 4.45. The molecule has 3 N–H and O–H groups in total. The fourth-order valence-corrected chi connectivity index (χ4v) is 4.45. The Morgan fingerprint density at radius 3 is 2.34 bits per heavy atom. The highest BCUT2D eigenvalue weighted by Crippen LogP contribution is 2.38. The molecular weight excluding hydrogens is 528 g/mol. The molecule has 4 unspecified atom stereocenters. The molecule has 2 heterocycles. The van der Waals surface area contributed by atoms with Crippen molar-refractivity contribution in [1.82, 2.24) is 15.5 Å². The van der Waals surface area contributed by atoms with Crippen molar-refractivity contribution in [3.8, 4) is 0 Å². The highest BCUT2D eigenvalue weighted by atomic mass is 19.4. The van der Waals surface area contributed by atoms with Crippen LogP contribution in [0, 0.1) is 11.8 Å². The van der Waals surface area contributed by atoms with Gasteiger partial charge in [-0.05, 0) is 24.8 Å². The van der Waals surface area contributed by atoms with E-state index in [-0.39, 0.29) is 18.5 Å². The van der Waals surface area contributed by atoms with Crippen molar-refractivity contribution in [2.24, 2.45) is 11.8 Å². The SMILES string of the molecule is O=C1NCCC1CC(NC(=O)C1CC(C(F)(F)F)CN1C(=O)[C@@H](O)c1ccccc1)C(=O)COC(F)(F)F. The Bertz CT molecular complexity index is 1030. The molecule has 3 amide bonds. The van der Waals surface area contributed by atoms with Crippen LogP contribution >= 0.6 is 0 Å². The number of aliphatic hydroxyl groups is 1. The summed E-state index contributed by atoms with van der Waals surface area (Å²) in [5.74, 6) is -7.18. The van der Waals surface area contributed by atoms with Gasteiger partial charge in [-0.1, -0.05) is 30.3 Å². The van der Waals surface area contributed by atoms with Gasteiger partial charge in [-0.25, -0.2) is 0 Å². The van der Waals surface area contributed by atoms with Gasteiger partial charge in [0.2, 0.25) is 11.8 Å². The van der Waals surface area contributed by atoms with Crippen molar-refractivity contribution in [1.29, 1.82) is 0 Å². The Hall–Kier alpha value is -3.20. The molecule has 0 aromatic heterocycles. The maximum Gasteiger partial charge on any atom is 0.522 e. The Morgan fingerprint density at radius 2 is 1.79 bits per heavy atom. The van der Waals surface area contributed by atoms with Crippen LogP contribution in [0.2, 0.25) is 0 Å². The molecule has 2 aliphatic rings. The number of benzene rings is 1. The molecule has 15 heteroatoms. The monoisotopic (exact) mass is 553 g/mol. The van der Waals surface area contributed by atoms with E-state index in [1.54, 1.807) is 6.07 Å². The van der Waals surface area contributed by atoms with Gasteiger partial charge in [-0.3, -0.25) is 23.9 Å². The molecule has 0 saturated carbocycles. The lowest BCUT2D eigenvalue weighted by atomic mass is 9.95. The lowest BCUT2D eigenvalue weighted by Gasteiger charge is -2.28. The van der Waals surface area contributed by atoms with Crippen molar-refractivity contribution in [2.75, 3.05) is 19.7 Å². The number of hydrogen-bond acceptors (Lipinski definition) is 6. The molecule has 38 heavy (non-hydrogen) atoms. The molecule has 3 rings (SSSR count). The summed E-state index contributed by atoms with van der Waals surface area (Å²) in [7, 11) is 0. The number of halogens is 6. The number of ether oxygens (including phenoxy) is 1. The van der Waals surface area contributed by atoms with Crippen LogP contribution in [0.1, 0.15) is 30.9 Å². The number of hydrogen-bond donors (Lipinski definition) is 3. The van der Waals surface area contributed by atoms with Gasteiger partial charge in [0.05, 0.1) is 12.0 Å². The number of nitrogens with zero attached hydrogens (tertiary/aromatic N) is 1. The van der Waals surface area contributed by atoms with E-state index in [0.29, 0.717) is 4.90 Å². The van der Waals surface area contributed by atoms with E-state index in [1.165, 1.54) is 24.3 Å². The van der Waals surface area contributed by atoms with E-state index < -0.39 is 92.1 Å². The van der Waals surface area contributed by atoms with Crippen LogP contribution in [0.5, 0.6) is 0 Å². The van der Waals surface area contributed by atoms with E-state index >= 15 is 0 Å². The van der Waals surface area contributed by atoms with Crippen LogP contribution in [0.25, 0.3) is 0 Å². The van der Waals surface area contributed by atoms with E-state index in [0.717, 1.165) is 0 Å². The van der Waals surface area contributed by atoms with Crippen molar-refractivity contribution < 1.29 is 55.4 Å². The Labute approximate surface area is 212 Å². The van der Waals surface area contributed by atoms with Crippen LogP contribution in [0.4, 0.5) is 26.3 Å². The number of ketones is 1. The molecule has 2 fully saturated rings. The normalized spacial score (nSPS) is 23.6. The largest absolute Gasteiger partial charge is 0.522 e. The summed E-state index contributed by atoms with van der Waals surface area (Å²) in [4.78, 5) is 51.0. The molecule has 0 radical (unpaired) electrons. The molecule has 9 nitrogen and oxygen atoms in total. The second kappa shape index (κ2) is 11.7. The number of likely N-dealkylation sites (tertiary alicyclic amines) is 1. The van der Waals surface area contributed by atoms with Gasteiger partial charge in [0, 0.05) is 19.0 Å². The maximum absolute atomic E-state index is 13.5. The summed E-state index contributed by atoms with van der Waals surface area (Å²) in [6.45, 7) is -2.23. The zero-order valence-corrected chi connectivity index (χ0v) is 19.7. The predicted molar refractivity (Wildman–Crippen MR) is 116 cm³/mol. The number of rotatable bonds is 9. The molecule has 0 spiro atoms. The van der Waals surface area contributed by atoms with Crippen LogP contribution in [0.15, 0.2) is 30.3 Å². The number of carbonyl (C=O) groups is 4. The summed E-state index contributed by atoms with van der Waals surface area (Å²) in [5.41, 5.74) is 0.0664. The smallest absolute Gasteiger partial charge is 0.378 e. The molecule has 0 aliphatic carbocycles. The number of aliphatic hydroxyl groups excluding tert-OH is 1. The molecule has 0 bridgehead atoms. The van der Waals surface area contributed by atoms with Gasteiger partial charge in [-0.2, -0.15) is 13.2 Å². The molecule has 2 aliphatic heterocycles. The quantitative estimate of drug-likeness (QED) is 0.400. The Morgan fingerprint density at radius 1 is 1.13 bits per heavy atom. The Balaban J connectivity index is 1.82. The summed E-state index contributed by atoms with van der Waals surface area (Å²) in [6, 6.07) is 3.77. The van der Waals surface area contributed by atoms with E-state index in [4.69, 9.17) is 0 Å². The zero-order chi connectivity index (χ0) is 28.3. The van der Waals surface area contributed by atoms with Gasteiger partial charge < -0.3 is 20.6 Å². The van der Waals surface area contributed by atoms with Crippen molar-refractivity contribution >= 4 is 23.5 Å². The number of amides is 3. The molecule has 1 aromatic rings. The first-order valence-electron chi connectivity index (χ1n) is 11.6. The van der Waals surface area contributed by atoms with Gasteiger partial charge >= 0.3 is 12.5 Å². The first kappa shape index (κ1) is 29.4. The number of Topliss-reactive ketones (excluding diaryl/α,β-unsaturated/α-hetero) is 1. The highest BCUT2D eigenvalue weighted by Gasteiger charge is 2.52. The van der Waals surface area contributed by atoms with E-state index in [1.807, 2.05) is 0 Å². The molecular formula is C23H25F6N3O6. The second-order valence-electron chi connectivity index (χ2n) is 9.07. The lowest BCUT2D eigenvalue weighted by molar-refractivity contribution is -0.321. The average molecular weight is 553 g/mol. The summed E-state index contributed by atoms with van der Waals surface area (Å²) in [5, 5.41) is 15.0. The number of alkyl halides is 6. The standard InChI is InChI=1S/C23H25F6N3O6/c24-22(25,26)14-9-16(32(10-14)21(37)18(34)12-4-2-1-3-5-12)20(36)31-15(8-13-6-7-30-19(13)35)17(33)11-38-23(27,28)29/h1-5,13-16,18,34H,6-11H2,(H,30,35)(H,31,36)/t13?,14?,15?,16?,18-/m0/s1. The number of carbonyl (C=O) groups excluding carboxylic acids is 4. The van der Waals surface area contributed by atoms with Crippen LogP contribution in [-0.4, -0.2) is 77.8 Å². The third kappa shape index (κ3) is 7.43. The van der Waals surface area contributed by atoms with Crippen LogP contribution < -0.4 is 10.6 Å². The van der Waals surface area contributed by atoms with Gasteiger partial charge in [-0.15, -0.1) is 13.2 Å². The third-order valence-electron chi connectivity index (χ3n) is 6.47. The lowest BCUT2D eigenvalue weighted by Crippen LogP contribution is -2.53. The van der Waals surface area contributed by atoms with E-state index in [9.17, 15) is 50.6 Å². The van der Waals surface area contributed by atoms with Gasteiger partial charge in [0.15, 0.2) is 11.9 Å². The molecule has 1 aromatic carbocycles. The first-order chi connectivity index (χ1) is 17.7. The van der Waals surface area contributed by atoms with Crippen molar-refractivity contribution in [2.45, 2.75) is 50.0 Å². The van der Waals surface area contributed by atoms with Crippen LogP contribution in [-0.2, 0) is 23.9 Å². The van der Waals surface area contributed by atoms with Gasteiger partial charge in [0.25, 0.3) is 5.91 Å². The zero-order valence-electron chi connectivity index (χ0n) is 19.7. The first-order valence-corrected chi connectivity index (χ1v) is 11.6. The summed E-state index contributed by atoms with van der Waals surface area (Å²) >= 11 is 0. The van der Waals surface area contributed by atoms with Crippen molar-refractivity contribution in [3.63, 3.8) is 0 Å². The minimum absolute atomic E-state index is 0.0664. The molecule has 5 atom stereocenters. The topological polar surface area (TPSA) is 125 Å². The summed E-state index contributed by atoms with van der Waals surface area (Å²) < 4.78 is 81.5. The predicted octanol–water partition coefficient (Wildman–Crippen LogP) is 1.62. The second-order valence-corrected chi connectivity index (χ2v) is 9.07. The fraction of sp³-hybridized carbons (Fsp3) is 0.565. The average Bonchev–Trinajstić information content (AvgIpc) is 3.48. The van der Waals surface area contributed by atoms with E-state index in [2.05, 4.69) is 15.4 Å².